The highest BCUT2D eigenvalue weighted by molar-refractivity contribution is 6.29. The summed E-state index contributed by atoms with van der Waals surface area (Å²) < 4.78 is 2.36. The first-order chi connectivity index (χ1) is 32.3. The summed E-state index contributed by atoms with van der Waals surface area (Å²) in [5.41, 5.74) is 13.1. The van der Waals surface area contributed by atoms with Gasteiger partial charge in [0.15, 0.2) is 5.82 Å². The van der Waals surface area contributed by atoms with Crippen LogP contribution in [0.5, 0.6) is 0 Å². The molecule has 0 fully saturated rings. The third kappa shape index (κ3) is 5.97. The van der Waals surface area contributed by atoms with Crippen LogP contribution < -0.4 is 0 Å². The Balaban J connectivity index is 1.05. The van der Waals surface area contributed by atoms with Crippen molar-refractivity contribution >= 4 is 64.9 Å². The fourth-order valence-electron chi connectivity index (χ4n) is 10.3. The third-order valence-electron chi connectivity index (χ3n) is 13.2. The minimum absolute atomic E-state index is 0.688. The van der Waals surface area contributed by atoms with Gasteiger partial charge in [0.2, 0.25) is 0 Å². The highest BCUT2D eigenvalue weighted by Gasteiger charge is 2.22. The van der Waals surface area contributed by atoms with Gasteiger partial charge in [0.25, 0.3) is 0 Å². The Bertz CT molecular complexity index is 3940. The van der Waals surface area contributed by atoms with E-state index in [1.807, 2.05) is 6.07 Å². The first-order valence-corrected chi connectivity index (χ1v) is 22.2. The maximum absolute atomic E-state index is 5.38. The lowest BCUT2D eigenvalue weighted by Crippen LogP contribution is -1.98. The summed E-state index contributed by atoms with van der Waals surface area (Å²) in [6.07, 6.45) is 0. The number of hydrogen-bond acceptors (Lipinski definition) is 2. The highest BCUT2D eigenvalue weighted by Crippen LogP contribution is 2.48. The van der Waals surface area contributed by atoms with Gasteiger partial charge < -0.3 is 4.57 Å². The zero-order chi connectivity index (χ0) is 42.8. The van der Waals surface area contributed by atoms with Crippen molar-refractivity contribution in [1.29, 1.82) is 0 Å². The van der Waals surface area contributed by atoms with Crippen LogP contribution in [0, 0.1) is 0 Å². The zero-order valence-electron chi connectivity index (χ0n) is 35.4. The van der Waals surface area contributed by atoms with Gasteiger partial charge in [-0.25, -0.2) is 9.97 Å². The predicted molar refractivity (Wildman–Crippen MR) is 274 cm³/mol. The molecule has 0 aliphatic rings. The molecule has 3 heteroatoms. The topological polar surface area (TPSA) is 30.7 Å². The molecule has 0 atom stereocenters. The predicted octanol–water partition coefficient (Wildman–Crippen LogP) is 16.5. The lowest BCUT2D eigenvalue weighted by molar-refractivity contribution is 1.16. The van der Waals surface area contributed by atoms with E-state index in [0.29, 0.717) is 5.82 Å². The minimum atomic E-state index is 0.688. The Labute approximate surface area is 376 Å². The van der Waals surface area contributed by atoms with Gasteiger partial charge in [-0.1, -0.05) is 206 Å². The zero-order valence-corrected chi connectivity index (χ0v) is 35.4. The number of rotatable bonds is 6. The van der Waals surface area contributed by atoms with Crippen molar-refractivity contribution in [2.75, 3.05) is 0 Å². The third-order valence-corrected chi connectivity index (χ3v) is 13.2. The van der Waals surface area contributed by atoms with E-state index in [1.165, 1.54) is 81.8 Å². The molecule has 2 aromatic heterocycles. The Kier molecular flexibility index (Phi) is 8.53. The summed E-state index contributed by atoms with van der Waals surface area (Å²) in [6.45, 7) is 0. The highest BCUT2D eigenvalue weighted by atomic mass is 15.0. The molecule has 0 saturated carbocycles. The molecule has 0 saturated heterocycles. The summed E-state index contributed by atoms with van der Waals surface area (Å²) in [5, 5.41) is 12.2. The standard InChI is InChI=1S/C62H39N3/c1-3-19-41(20-4-1)59-51-30-11-12-31-52(51)61(60-45-25-8-7-18-40(45)34-35-54(59)60)53-37-36-48(46-26-9-10-27-47(46)53)56-39-55(63-62(64-56)42-21-5-2-6-22-42)43-23-17-24-44(38-43)65-57-32-15-13-28-49(57)50-29-14-16-33-58(50)65/h1-39H. The minimum Gasteiger partial charge on any atom is -0.309 e. The molecule has 2 heterocycles. The van der Waals surface area contributed by atoms with Crippen molar-refractivity contribution in [2.45, 2.75) is 0 Å². The van der Waals surface area contributed by atoms with E-state index < -0.39 is 0 Å². The molecule has 0 radical (unpaired) electrons. The van der Waals surface area contributed by atoms with Crippen molar-refractivity contribution < 1.29 is 0 Å². The molecule has 0 aliphatic carbocycles. The summed E-state index contributed by atoms with van der Waals surface area (Å²) in [5.74, 6) is 0.688. The Morgan fingerprint density at radius 1 is 0.292 bits per heavy atom. The quantitative estimate of drug-likeness (QED) is 0.123. The van der Waals surface area contributed by atoms with E-state index in [4.69, 9.17) is 9.97 Å². The fourth-order valence-corrected chi connectivity index (χ4v) is 10.3. The van der Waals surface area contributed by atoms with Crippen molar-refractivity contribution in [1.82, 2.24) is 14.5 Å². The van der Waals surface area contributed by atoms with Gasteiger partial charge in [-0.15, -0.1) is 0 Å². The average Bonchev–Trinajstić information content (AvgIpc) is 3.72. The number of hydrogen-bond donors (Lipinski definition) is 0. The van der Waals surface area contributed by atoms with Crippen LogP contribution in [0.15, 0.2) is 237 Å². The smallest absolute Gasteiger partial charge is 0.160 e. The SMILES string of the molecule is c1ccc(-c2nc(-c3cccc(-n4c5ccccc5c5ccccc54)c3)cc(-c3ccc(-c4c5ccccc5c(-c5ccccc5)c5ccc6ccccc6c45)c4ccccc34)n2)cc1. The molecule has 65 heavy (non-hydrogen) atoms. The van der Waals surface area contributed by atoms with Crippen molar-refractivity contribution in [3.05, 3.63) is 237 Å². The average molecular weight is 826 g/mol. The molecule has 13 aromatic rings. The lowest BCUT2D eigenvalue weighted by Gasteiger charge is -2.21. The van der Waals surface area contributed by atoms with E-state index >= 15 is 0 Å². The van der Waals surface area contributed by atoms with E-state index in [9.17, 15) is 0 Å². The van der Waals surface area contributed by atoms with Crippen LogP contribution in [0.25, 0.3) is 127 Å². The molecule has 0 unspecified atom stereocenters. The number of nitrogens with zero attached hydrogens (tertiary/aromatic N) is 3. The lowest BCUT2D eigenvalue weighted by atomic mass is 9.82. The number of fused-ring (bicyclic) bond motifs is 8. The van der Waals surface area contributed by atoms with Crippen molar-refractivity contribution in [2.24, 2.45) is 0 Å². The van der Waals surface area contributed by atoms with E-state index in [0.717, 1.165) is 39.2 Å². The Morgan fingerprint density at radius 3 is 1.52 bits per heavy atom. The van der Waals surface area contributed by atoms with Crippen molar-refractivity contribution in [3.8, 4) is 61.8 Å². The monoisotopic (exact) mass is 825 g/mol. The molecule has 0 spiro atoms. The van der Waals surface area contributed by atoms with Crippen LogP contribution in [0.2, 0.25) is 0 Å². The van der Waals surface area contributed by atoms with Gasteiger partial charge in [-0.3, -0.25) is 0 Å². The van der Waals surface area contributed by atoms with Gasteiger partial charge >= 0.3 is 0 Å². The Morgan fingerprint density at radius 2 is 0.815 bits per heavy atom. The first-order valence-electron chi connectivity index (χ1n) is 22.2. The second-order valence-corrected chi connectivity index (χ2v) is 16.8. The van der Waals surface area contributed by atoms with Gasteiger partial charge in [0.1, 0.15) is 0 Å². The van der Waals surface area contributed by atoms with Gasteiger partial charge in [0, 0.05) is 33.2 Å². The van der Waals surface area contributed by atoms with E-state index in [2.05, 4.69) is 235 Å². The van der Waals surface area contributed by atoms with Crippen LogP contribution in [0.3, 0.4) is 0 Å². The van der Waals surface area contributed by atoms with Crippen LogP contribution >= 0.6 is 0 Å². The number of benzene rings is 11. The second-order valence-electron chi connectivity index (χ2n) is 16.8. The number of aromatic nitrogens is 3. The molecular weight excluding hydrogens is 787 g/mol. The van der Waals surface area contributed by atoms with E-state index in [1.54, 1.807) is 0 Å². The molecular formula is C62H39N3. The molecule has 0 amide bonds. The van der Waals surface area contributed by atoms with Gasteiger partial charge in [-0.05, 0) is 95.7 Å². The van der Waals surface area contributed by atoms with Crippen LogP contribution in [-0.2, 0) is 0 Å². The summed E-state index contributed by atoms with van der Waals surface area (Å²) in [7, 11) is 0. The van der Waals surface area contributed by atoms with Crippen LogP contribution in [0.4, 0.5) is 0 Å². The molecule has 13 rings (SSSR count). The van der Waals surface area contributed by atoms with Crippen molar-refractivity contribution in [3.63, 3.8) is 0 Å². The summed E-state index contributed by atoms with van der Waals surface area (Å²) in [6, 6.07) is 85.3. The summed E-state index contributed by atoms with van der Waals surface area (Å²) in [4.78, 5) is 10.7. The molecule has 0 N–H and O–H groups in total. The first kappa shape index (κ1) is 36.9. The molecule has 0 bridgehead atoms. The second kappa shape index (κ2) is 15.0. The van der Waals surface area contributed by atoms with E-state index in [-0.39, 0.29) is 0 Å². The molecule has 3 nitrogen and oxygen atoms in total. The maximum atomic E-state index is 5.38. The van der Waals surface area contributed by atoms with Gasteiger partial charge in [0.05, 0.1) is 22.4 Å². The van der Waals surface area contributed by atoms with Crippen LogP contribution in [0.1, 0.15) is 0 Å². The maximum Gasteiger partial charge on any atom is 0.160 e. The largest absolute Gasteiger partial charge is 0.309 e. The fraction of sp³-hybridized carbons (Fsp3) is 0. The Hall–Kier alpha value is -8.66. The number of para-hydroxylation sites is 2. The normalized spacial score (nSPS) is 11.7. The molecule has 11 aromatic carbocycles. The molecule has 302 valence electrons. The van der Waals surface area contributed by atoms with Crippen LogP contribution in [-0.4, -0.2) is 14.5 Å². The molecule has 0 aliphatic heterocycles. The summed E-state index contributed by atoms with van der Waals surface area (Å²) >= 11 is 0. The van der Waals surface area contributed by atoms with Gasteiger partial charge in [-0.2, -0.15) is 0 Å².